The molecule has 6 rings (SSSR count). The fourth-order valence-corrected chi connectivity index (χ4v) is 15.8. The molecule has 0 heterocycles. The first-order valence-electron chi connectivity index (χ1n) is 20.6. The normalized spacial score (nSPS) is 11.1. The van der Waals surface area contributed by atoms with Gasteiger partial charge in [0, 0.05) is 38.0 Å². The van der Waals surface area contributed by atoms with Crippen LogP contribution in [0.15, 0.2) is 146 Å². The monoisotopic (exact) mass is 842 g/mol. The van der Waals surface area contributed by atoms with Gasteiger partial charge in [-0.15, -0.1) is 0 Å². The van der Waals surface area contributed by atoms with Gasteiger partial charge in [0.2, 0.25) is 0 Å². The van der Waals surface area contributed by atoms with E-state index in [9.17, 15) is 30.0 Å². The minimum absolute atomic E-state index is 0.228. The number of carboxylic acids is 2. The minimum Gasteiger partial charge on any atom is -0.550 e. The maximum atomic E-state index is 9.62. The van der Waals surface area contributed by atoms with E-state index >= 15 is 0 Å². The van der Waals surface area contributed by atoms with Gasteiger partial charge in [0.1, 0.15) is 46.4 Å². The lowest BCUT2D eigenvalue weighted by atomic mass is 10.2. The van der Waals surface area contributed by atoms with Crippen molar-refractivity contribution in [2.24, 2.45) is 0 Å². The van der Waals surface area contributed by atoms with Crippen LogP contribution in [0.1, 0.15) is 59.1 Å². The summed E-state index contributed by atoms with van der Waals surface area (Å²) >= 11 is 0. The average Bonchev–Trinajstić information content (AvgIpc) is 3.24. The third kappa shape index (κ3) is 12.8. The number of carboxylic acid groups (broad SMARTS) is 2. The van der Waals surface area contributed by atoms with Gasteiger partial charge >= 0.3 is 0 Å². The highest BCUT2D eigenvalue weighted by Crippen LogP contribution is 2.57. The number of benzene rings is 6. The molecule has 0 aliphatic carbocycles. The van der Waals surface area contributed by atoms with Crippen LogP contribution in [0.4, 0.5) is 0 Å². The highest BCUT2D eigenvalue weighted by molar-refractivity contribution is 7.96. The first-order valence-corrected chi connectivity index (χ1v) is 24.5. The lowest BCUT2D eigenvalue weighted by Crippen LogP contribution is -2.33. The van der Waals surface area contributed by atoms with Crippen LogP contribution in [0.5, 0.6) is 0 Å². The molecule has 314 valence electrons. The summed E-state index contributed by atoms with van der Waals surface area (Å²) in [6.07, 6.45) is 2.65. The molecule has 0 saturated carbocycles. The molecule has 0 radical (unpaired) electrons. The zero-order valence-electron chi connectivity index (χ0n) is 35.9. The lowest BCUT2D eigenvalue weighted by molar-refractivity contribution is -0.315. The molecule has 0 unspecified atom stereocenters. The molecule has 0 bridgehead atoms. The summed E-state index contributed by atoms with van der Waals surface area (Å²) in [6.45, 7) is 13.3. The van der Waals surface area contributed by atoms with Crippen molar-refractivity contribution in [2.45, 2.75) is 67.2 Å². The van der Waals surface area contributed by atoms with Gasteiger partial charge in [0.15, 0.2) is 0 Å². The van der Waals surface area contributed by atoms with Gasteiger partial charge in [-0.25, -0.2) is 0 Å². The summed E-state index contributed by atoms with van der Waals surface area (Å²) in [6, 6.07) is 54.1. The quantitative estimate of drug-likeness (QED) is 0.126. The SMILES string of the molecule is Cc1ccc([P+](CCCO)(c2ccc(C)cc2)c2ccc(C)cc2)cc1.Cc1ccc([P+](CCCO)(c2ccc(C)cc2)c2ccc(C)cc2)cc1.O=C([O-])CCC(=O)[O-]. The Balaban J connectivity index is 0.000000224. The first-order chi connectivity index (χ1) is 28.7. The highest BCUT2D eigenvalue weighted by atomic mass is 31.2. The van der Waals surface area contributed by atoms with Crippen molar-refractivity contribution in [3.63, 3.8) is 0 Å². The Morgan fingerprint density at radius 2 is 0.533 bits per heavy atom. The zero-order valence-corrected chi connectivity index (χ0v) is 37.7. The summed E-state index contributed by atoms with van der Waals surface area (Å²) in [7, 11) is -3.58. The number of carbonyl (C=O) groups is 2. The van der Waals surface area contributed by atoms with Crippen molar-refractivity contribution < 1.29 is 30.0 Å². The molecule has 0 saturated heterocycles. The van der Waals surface area contributed by atoms with Crippen molar-refractivity contribution in [3.05, 3.63) is 179 Å². The van der Waals surface area contributed by atoms with E-state index in [1.807, 2.05) is 0 Å². The molecule has 8 heteroatoms. The van der Waals surface area contributed by atoms with Crippen LogP contribution in [0.2, 0.25) is 0 Å². The smallest absolute Gasteiger partial charge is 0.112 e. The van der Waals surface area contributed by atoms with E-state index in [1.54, 1.807) is 0 Å². The fraction of sp³-hybridized carbons (Fsp3) is 0.269. The van der Waals surface area contributed by atoms with Crippen molar-refractivity contribution in [1.29, 1.82) is 0 Å². The minimum atomic E-state index is -1.79. The van der Waals surface area contributed by atoms with Gasteiger partial charge in [0.25, 0.3) is 0 Å². The van der Waals surface area contributed by atoms with Gasteiger partial charge < -0.3 is 30.0 Å². The maximum Gasteiger partial charge on any atom is 0.112 e. The Hall–Kier alpha value is -4.96. The van der Waals surface area contributed by atoms with E-state index in [-0.39, 0.29) is 13.2 Å². The lowest BCUT2D eigenvalue weighted by Gasteiger charge is -2.28. The van der Waals surface area contributed by atoms with E-state index in [0.29, 0.717) is 0 Å². The third-order valence-corrected chi connectivity index (χ3v) is 19.7. The molecule has 60 heavy (non-hydrogen) atoms. The molecule has 0 aliphatic rings. The molecular weight excluding hydrogens is 783 g/mol. The van der Waals surface area contributed by atoms with E-state index in [0.717, 1.165) is 25.2 Å². The topological polar surface area (TPSA) is 121 Å². The molecule has 6 nitrogen and oxygen atoms in total. The van der Waals surface area contributed by atoms with Crippen molar-refractivity contribution in [2.75, 3.05) is 25.5 Å². The third-order valence-electron chi connectivity index (χ3n) is 10.7. The second-order valence-corrected chi connectivity index (χ2v) is 22.7. The van der Waals surface area contributed by atoms with Crippen LogP contribution in [0.25, 0.3) is 0 Å². The Kier molecular flexibility index (Phi) is 18.4. The number of aryl methyl sites for hydroxylation is 6. The molecule has 0 amide bonds. The number of hydrogen-bond donors (Lipinski definition) is 2. The molecule has 6 aromatic rings. The zero-order chi connectivity index (χ0) is 43.7. The van der Waals surface area contributed by atoms with Crippen LogP contribution < -0.4 is 42.0 Å². The molecule has 2 N–H and O–H groups in total. The van der Waals surface area contributed by atoms with Crippen LogP contribution in [0.3, 0.4) is 0 Å². The number of aliphatic hydroxyl groups excluding tert-OH is 2. The van der Waals surface area contributed by atoms with Crippen molar-refractivity contribution in [3.8, 4) is 0 Å². The predicted molar refractivity (Wildman–Crippen MR) is 251 cm³/mol. The second-order valence-electron chi connectivity index (χ2n) is 15.5. The molecule has 0 aromatic heterocycles. The van der Waals surface area contributed by atoms with Crippen LogP contribution >= 0.6 is 14.5 Å². The van der Waals surface area contributed by atoms with Gasteiger partial charge in [0.05, 0.1) is 12.3 Å². The molecular formula is C52H60O6P2. The van der Waals surface area contributed by atoms with E-state index in [1.165, 1.54) is 65.2 Å². The summed E-state index contributed by atoms with van der Waals surface area (Å²) in [5.74, 6) is -2.73. The Morgan fingerprint density at radius 3 is 0.667 bits per heavy atom. The molecule has 0 fully saturated rings. The van der Waals surface area contributed by atoms with Crippen LogP contribution in [-0.2, 0) is 9.59 Å². The van der Waals surface area contributed by atoms with Gasteiger partial charge in [-0.05, 0) is 127 Å². The van der Waals surface area contributed by atoms with Crippen LogP contribution in [-0.4, -0.2) is 47.7 Å². The molecule has 6 aromatic carbocycles. The molecule has 0 atom stereocenters. The number of aliphatic carboxylic acids is 2. The standard InChI is InChI=1S/2C24H28OP.C4H6O4/c2*1-19-5-11-22(12-6-19)26(18-4-17-25,23-13-7-20(2)8-14-23)24-15-9-21(3)10-16-24;5-3(6)1-2-4(7)8/h2*5-16,25H,4,17-18H2,1-3H3;1-2H2,(H,5,6)(H,7,8)/q2*+1;/p-2. The number of rotatable bonds is 15. The second kappa shape index (κ2) is 23.1. The number of hydrogen-bond acceptors (Lipinski definition) is 6. The highest BCUT2D eigenvalue weighted by Gasteiger charge is 2.46. The average molecular weight is 843 g/mol. The summed E-state index contributed by atoms with van der Waals surface area (Å²) in [5, 5.41) is 46.6. The Labute approximate surface area is 358 Å². The Bertz CT molecular complexity index is 1830. The number of carbonyl (C=O) groups excluding carboxylic acids is 2. The van der Waals surface area contributed by atoms with E-state index < -0.39 is 39.3 Å². The molecule has 0 aliphatic heterocycles. The van der Waals surface area contributed by atoms with Gasteiger partial charge in [-0.2, -0.15) is 0 Å². The fourth-order valence-electron chi connectivity index (χ4n) is 7.28. The van der Waals surface area contributed by atoms with Crippen molar-refractivity contribution >= 4 is 58.3 Å². The van der Waals surface area contributed by atoms with Gasteiger partial charge in [-0.1, -0.05) is 106 Å². The van der Waals surface area contributed by atoms with E-state index in [4.69, 9.17) is 0 Å². The Morgan fingerprint density at radius 1 is 0.367 bits per heavy atom. The molecule has 0 spiro atoms. The van der Waals surface area contributed by atoms with Crippen LogP contribution in [0, 0.1) is 41.5 Å². The van der Waals surface area contributed by atoms with E-state index in [2.05, 4.69) is 187 Å². The maximum absolute atomic E-state index is 9.62. The summed E-state index contributed by atoms with van der Waals surface area (Å²) in [4.78, 5) is 19.0. The summed E-state index contributed by atoms with van der Waals surface area (Å²) < 4.78 is 0. The van der Waals surface area contributed by atoms with Crippen molar-refractivity contribution in [1.82, 2.24) is 0 Å². The summed E-state index contributed by atoms with van der Waals surface area (Å²) in [5.41, 5.74) is 7.68. The first kappa shape index (κ1) is 47.7. The predicted octanol–water partition coefficient (Wildman–Crippen LogP) is 5.84. The largest absolute Gasteiger partial charge is 0.550 e. The number of aliphatic hydroxyl groups is 2. The van der Waals surface area contributed by atoms with Gasteiger partial charge in [-0.3, -0.25) is 0 Å².